The quantitative estimate of drug-likeness (QED) is 0.277. The minimum Gasteiger partial charge on any atom is -0.487 e. The SMILES string of the molecule is CCOc1ccc(C=Nn2c([C@@H](C)CC)nc3ccc(Br)cc3c2=O)cc1[N+](=O)[O-]. The molecular weight excluding hydrogens is 452 g/mol. The minimum atomic E-state index is -0.506. The summed E-state index contributed by atoms with van der Waals surface area (Å²) in [7, 11) is 0. The summed E-state index contributed by atoms with van der Waals surface area (Å²) in [5.41, 5.74) is 0.618. The third-order valence-electron chi connectivity index (χ3n) is 4.69. The molecule has 0 saturated heterocycles. The maximum atomic E-state index is 13.1. The van der Waals surface area contributed by atoms with Gasteiger partial charge in [0, 0.05) is 22.0 Å². The van der Waals surface area contributed by atoms with Crippen LogP contribution in [0.3, 0.4) is 0 Å². The normalized spacial score (nSPS) is 12.4. The van der Waals surface area contributed by atoms with E-state index in [1.807, 2.05) is 19.9 Å². The van der Waals surface area contributed by atoms with Crippen LogP contribution in [0.15, 0.2) is 50.8 Å². The van der Waals surface area contributed by atoms with Gasteiger partial charge in [-0.3, -0.25) is 14.9 Å². The first-order valence-corrected chi connectivity index (χ1v) is 10.3. The van der Waals surface area contributed by atoms with Crippen LogP contribution in [0, 0.1) is 10.1 Å². The molecule has 3 rings (SSSR count). The van der Waals surface area contributed by atoms with Crippen molar-refractivity contribution >= 4 is 38.7 Å². The van der Waals surface area contributed by atoms with Crippen molar-refractivity contribution in [1.29, 1.82) is 0 Å². The molecule has 0 saturated carbocycles. The molecule has 1 heterocycles. The highest BCUT2D eigenvalue weighted by atomic mass is 79.9. The number of hydrogen-bond donors (Lipinski definition) is 0. The molecule has 1 atom stereocenters. The molecule has 8 nitrogen and oxygen atoms in total. The molecule has 2 aromatic carbocycles. The van der Waals surface area contributed by atoms with E-state index in [4.69, 9.17) is 4.74 Å². The van der Waals surface area contributed by atoms with Gasteiger partial charge in [-0.1, -0.05) is 29.8 Å². The number of hydrogen-bond acceptors (Lipinski definition) is 6. The zero-order chi connectivity index (χ0) is 21.8. The van der Waals surface area contributed by atoms with E-state index in [0.29, 0.717) is 28.9 Å². The maximum absolute atomic E-state index is 13.1. The average molecular weight is 473 g/mol. The van der Waals surface area contributed by atoms with Gasteiger partial charge in [-0.25, -0.2) is 4.98 Å². The smallest absolute Gasteiger partial charge is 0.311 e. The Labute approximate surface area is 181 Å². The lowest BCUT2D eigenvalue weighted by molar-refractivity contribution is -0.385. The summed E-state index contributed by atoms with van der Waals surface area (Å²) in [4.78, 5) is 28.6. The first kappa shape index (κ1) is 21.6. The van der Waals surface area contributed by atoms with Gasteiger partial charge in [0.15, 0.2) is 5.75 Å². The van der Waals surface area contributed by atoms with Crippen LogP contribution in [0.25, 0.3) is 10.9 Å². The van der Waals surface area contributed by atoms with Gasteiger partial charge in [-0.05, 0) is 43.7 Å². The van der Waals surface area contributed by atoms with Gasteiger partial charge in [0.25, 0.3) is 5.56 Å². The molecule has 0 unspecified atom stereocenters. The highest BCUT2D eigenvalue weighted by Crippen LogP contribution is 2.27. The van der Waals surface area contributed by atoms with E-state index in [1.54, 1.807) is 25.1 Å². The second-order valence-electron chi connectivity index (χ2n) is 6.72. The second kappa shape index (κ2) is 9.17. The molecule has 0 aliphatic carbocycles. The Kier molecular flexibility index (Phi) is 6.61. The van der Waals surface area contributed by atoms with E-state index in [-0.39, 0.29) is 22.9 Å². The summed E-state index contributed by atoms with van der Waals surface area (Å²) < 4.78 is 7.34. The van der Waals surface area contributed by atoms with Crippen LogP contribution >= 0.6 is 15.9 Å². The maximum Gasteiger partial charge on any atom is 0.311 e. The van der Waals surface area contributed by atoms with Crippen molar-refractivity contribution in [3.8, 4) is 5.75 Å². The number of aromatic nitrogens is 2. The molecule has 0 spiro atoms. The number of nitrogens with zero attached hydrogens (tertiary/aromatic N) is 4. The molecule has 0 bridgehead atoms. The summed E-state index contributed by atoms with van der Waals surface area (Å²) in [5.74, 6) is 0.723. The highest BCUT2D eigenvalue weighted by Gasteiger charge is 2.17. The largest absolute Gasteiger partial charge is 0.487 e. The Morgan fingerprint density at radius 2 is 2.07 bits per heavy atom. The first-order valence-electron chi connectivity index (χ1n) is 9.53. The van der Waals surface area contributed by atoms with Crippen LogP contribution in [0.2, 0.25) is 0 Å². The number of ether oxygens (including phenoxy) is 1. The van der Waals surface area contributed by atoms with Crippen LogP contribution in [0.5, 0.6) is 5.75 Å². The summed E-state index contributed by atoms with van der Waals surface area (Å²) in [6, 6.07) is 9.88. The minimum absolute atomic E-state index is 0.00226. The van der Waals surface area contributed by atoms with Crippen molar-refractivity contribution in [2.45, 2.75) is 33.1 Å². The molecule has 3 aromatic rings. The van der Waals surface area contributed by atoms with Gasteiger partial charge < -0.3 is 4.74 Å². The van der Waals surface area contributed by atoms with E-state index in [0.717, 1.165) is 10.9 Å². The topological polar surface area (TPSA) is 99.6 Å². The average Bonchev–Trinajstić information content (AvgIpc) is 2.73. The lowest BCUT2D eigenvalue weighted by Crippen LogP contribution is -2.23. The van der Waals surface area contributed by atoms with Crippen molar-refractivity contribution in [3.63, 3.8) is 0 Å². The summed E-state index contributed by atoms with van der Waals surface area (Å²) in [6.07, 6.45) is 2.19. The highest BCUT2D eigenvalue weighted by molar-refractivity contribution is 9.10. The molecular formula is C21H21BrN4O4. The van der Waals surface area contributed by atoms with E-state index in [1.165, 1.54) is 23.0 Å². The van der Waals surface area contributed by atoms with Gasteiger partial charge in [0.05, 0.1) is 28.6 Å². The number of halogens is 1. The van der Waals surface area contributed by atoms with Crippen molar-refractivity contribution in [2.75, 3.05) is 6.61 Å². The number of rotatable bonds is 7. The fourth-order valence-corrected chi connectivity index (χ4v) is 3.30. The fraction of sp³-hybridized carbons (Fsp3) is 0.286. The van der Waals surface area contributed by atoms with Crippen molar-refractivity contribution in [2.24, 2.45) is 5.10 Å². The molecule has 0 N–H and O–H groups in total. The Hall–Kier alpha value is -3.07. The van der Waals surface area contributed by atoms with E-state index in [9.17, 15) is 14.9 Å². The Morgan fingerprint density at radius 1 is 1.30 bits per heavy atom. The number of fused-ring (bicyclic) bond motifs is 1. The molecule has 0 aliphatic rings. The third kappa shape index (κ3) is 4.40. The molecule has 0 fully saturated rings. The Morgan fingerprint density at radius 3 is 2.73 bits per heavy atom. The van der Waals surface area contributed by atoms with E-state index < -0.39 is 4.92 Å². The van der Waals surface area contributed by atoms with Gasteiger partial charge >= 0.3 is 5.69 Å². The number of benzene rings is 2. The second-order valence-corrected chi connectivity index (χ2v) is 7.64. The first-order chi connectivity index (χ1) is 14.3. The standard InChI is InChI=1S/C21H21BrN4O4/c1-4-13(3)20-24-17-8-7-15(22)11-16(17)21(27)25(20)23-12-14-6-9-19(30-5-2)18(10-14)26(28)29/h6-13H,4-5H2,1-3H3/t13-/m0/s1. The van der Waals surface area contributed by atoms with Crippen LogP contribution < -0.4 is 10.3 Å². The molecule has 0 amide bonds. The van der Waals surface area contributed by atoms with Gasteiger partial charge in [0.1, 0.15) is 5.82 Å². The van der Waals surface area contributed by atoms with Crippen LogP contribution in [-0.2, 0) is 0 Å². The van der Waals surface area contributed by atoms with Gasteiger partial charge in [0.2, 0.25) is 0 Å². The zero-order valence-corrected chi connectivity index (χ0v) is 18.4. The molecule has 0 aliphatic heterocycles. The molecule has 30 heavy (non-hydrogen) atoms. The monoisotopic (exact) mass is 472 g/mol. The van der Waals surface area contributed by atoms with Crippen molar-refractivity contribution in [3.05, 3.63) is 72.7 Å². The Balaban J connectivity index is 2.13. The number of nitro groups is 1. The lowest BCUT2D eigenvalue weighted by Gasteiger charge is -2.14. The van der Waals surface area contributed by atoms with Gasteiger partial charge in [-0.15, -0.1) is 0 Å². The van der Waals surface area contributed by atoms with Crippen molar-refractivity contribution in [1.82, 2.24) is 9.66 Å². The molecule has 156 valence electrons. The molecule has 9 heteroatoms. The molecule has 1 aromatic heterocycles. The fourth-order valence-electron chi connectivity index (χ4n) is 2.94. The zero-order valence-electron chi connectivity index (χ0n) is 16.8. The van der Waals surface area contributed by atoms with Crippen LogP contribution in [0.1, 0.15) is 44.5 Å². The van der Waals surface area contributed by atoms with Crippen molar-refractivity contribution < 1.29 is 9.66 Å². The summed E-state index contributed by atoms with van der Waals surface area (Å²) >= 11 is 3.38. The predicted molar refractivity (Wildman–Crippen MR) is 120 cm³/mol. The predicted octanol–water partition coefficient (Wildman–Crippen LogP) is 4.86. The van der Waals surface area contributed by atoms with Crippen LogP contribution in [-0.4, -0.2) is 27.4 Å². The number of nitro benzene ring substituents is 1. The lowest BCUT2D eigenvalue weighted by atomic mass is 10.1. The molecule has 0 radical (unpaired) electrons. The Bertz CT molecular complexity index is 1190. The van der Waals surface area contributed by atoms with Gasteiger partial charge in [-0.2, -0.15) is 9.78 Å². The summed E-state index contributed by atoms with van der Waals surface area (Å²) in [6.45, 7) is 6.06. The van der Waals surface area contributed by atoms with Crippen LogP contribution in [0.4, 0.5) is 5.69 Å². The van der Waals surface area contributed by atoms with E-state index >= 15 is 0 Å². The summed E-state index contributed by atoms with van der Waals surface area (Å²) in [5, 5.41) is 16.1. The third-order valence-corrected chi connectivity index (χ3v) is 5.18. The van der Waals surface area contributed by atoms with E-state index in [2.05, 4.69) is 26.0 Å².